The molecule has 52 heavy (non-hydrogen) atoms. The van der Waals surface area contributed by atoms with Crippen LogP contribution in [0.4, 0.5) is 17.6 Å². The standard InChI is InChI=1S/C39H44ClF4NO6S/c1-34-14-11-25(46)20-36(34)17-18-38(28(21-36)31(47)19-27-29(40)5-4-6-30(27)41)32(34)12-15-35(2)33(38)13-16-37(35,48)23-45(52(3,49)50)22-24-7-9-26(10-8-24)51-39(42,43)44/h4-10,17-18,21,25,32-33,46,48H,11-16,19-20,22-23H2,1-3H3/t25?,32-,33-,34-,35+,36+,37-,38-/m1/s1. The highest BCUT2D eigenvalue weighted by Crippen LogP contribution is 2.78. The minimum absolute atomic E-state index is 0.0265. The summed E-state index contributed by atoms with van der Waals surface area (Å²) in [6.07, 6.45) is 5.44. The van der Waals surface area contributed by atoms with Gasteiger partial charge in [-0.3, -0.25) is 4.79 Å². The Hall–Kier alpha value is -2.77. The topological polar surface area (TPSA) is 104 Å². The molecular formula is C39H44ClF4NO6S. The lowest BCUT2D eigenvalue weighted by Gasteiger charge is -2.71. The van der Waals surface area contributed by atoms with Gasteiger partial charge in [-0.15, -0.1) is 13.2 Å². The maximum absolute atomic E-state index is 15.1. The van der Waals surface area contributed by atoms with E-state index in [9.17, 15) is 36.6 Å². The zero-order valence-corrected chi connectivity index (χ0v) is 30.9. The van der Waals surface area contributed by atoms with Crippen molar-refractivity contribution in [1.29, 1.82) is 0 Å². The molecule has 8 atom stereocenters. The SMILES string of the molecule is C[C@]12CC[C@H]3[C@]4(C=C[C@@]5(C=C4C(=O)Cc4c(F)cccc4Cl)CC(O)CC[C@]35C)[C@@H]1CC[C@@]2(O)CN(Cc1ccc(OC(F)(F)F)cc1)S(C)(=O)=O. The number of carbonyl (C=O) groups is 1. The number of hydrogen-bond acceptors (Lipinski definition) is 6. The van der Waals surface area contributed by atoms with Crippen molar-refractivity contribution in [3.05, 3.63) is 88.2 Å². The van der Waals surface area contributed by atoms with Gasteiger partial charge in [0, 0.05) is 51.9 Å². The van der Waals surface area contributed by atoms with E-state index in [1.165, 1.54) is 28.6 Å². The molecule has 1 unspecified atom stereocenters. The highest BCUT2D eigenvalue weighted by Gasteiger charge is 2.74. The number of ketones is 1. The maximum Gasteiger partial charge on any atom is 0.573 e. The normalized spacial score (nSPS) is 36.6. The average molecular weight is 766 g/mol. The van der Waals surface area contributed by atoms with Crippen LogP contribution < -0.4 is 4.74 Å². The van der Waals surface area contributed by atoms with Crippen LogP contribution in [0.1, 0.15) is 69.9 Å². The molecule has 7 nitrogen and oxygen atoms in total. The molecule has 0 radical (unpaired) electrons. The largest absolute Gasteiger partial charge is 0.573 e. The van der Waals surface area contributed by atoms with Gasteiger partial charge in [0.2, 0.25) is 10.0 Å². The van der Waals surface area contributed by atoms with E-state index >= 15 is 4.39 Å². The molecule has 0 saturated heterocycles. The fourth-order valence-electron chi connectivity index (χ4n) is 11.2. The van der Waals surface area contributed by atoms with Gasteiger partial charge in [-0.05, 0) is 92.0 Å². The smallest absolute Gasteiger partial charge is 0.406 e. The van der Waals surface area contributed by atoms with Crippen molar-refractivity contribution < 1.29 is 45.7 Å². The van der Waals surface area contributed by atoms with E-state index in [2.05, 4.69) is 23.8 Å². The summed E-state index contributed by atoms with van der Waals surface area (Å²) >= 11 is 6.41. The van der Waals surface area contributed by atoms with Crippen LogP contribution in [0, 0.1) is 39.3 Å². The molecule has 2 aromatic carbocycles. The van der Waals surface area contributed by atoms with Crippen LogP contribution in [-0.4, -0.2) is 59.6 Å². The number of sulfonamides is 1. The molecular weight excluding hydrogens is 722 g/mol. The van der Waals surface area contributed by atoms with E-state index in [0.29, 0.717) is 43.2 Å². The Balaban J connectivity index is 1.26. The number of aliphatic hydroxyl groups excluding tert-OH is 1. The fraction of sp³-hybridized carbons (Fsp3) is 0.564. The predicted octanol–water partition coefficient (Wildman–Crippen LogP) is 7.54. The zero-order chi connectivity index (χ0) is 37.7. The first-order chi connectivity index (χ1) is 24.2. The van der Waals surface area contributed by atoms with Crippen molar-refractivity contribution >= 4 is 27.4 Å². The molecule has 6 aliphatic rings. The molecule has 282 valence electrons. The molecule has 0 heterocycles. The van der Waals surface area contributed by atoms with Crippen molar-refractivity contribution in [3.63, 3.8) is 0 Å². The van der Waals surface area contributed by atoms with Crippen molar-refractivity contribution in [1.82, 2.24) is 4.31 Å². The van der Waals surface area contributed by atoms with E-state index in [1.807, 2.05) is 13.0 Å². The lowest BCUT2D eigenvalue weighted by Crippen LogP contribution is -2.67. The molecule has 8 rings (SSSR count). The van der Waals surface area contributed by atoms with Gasteiger partial charge < -0.3 is 14.9 Å². The molecule has 2 aromatic rings. The minimum atomic E-state index is -4.87. The first kappa shape index (κ1) is 37.5. The Morgan fingerprint density at radius 2 is 1.65 bits per heavy atom. The van der Waals surface area contributed by atoms with Gasteiger partial charge in [0.15, 0.2) is 5.78 Å². The number of nitrogens with zero attached hydrogens (tertiary/aromatic N) is 1. The zero-order valence-electron chi connectivity index (χ0n) is 29.3. The second kappa shape index (κ2) is 12.4. The number of rotatable bonds is 9. The summed E-state index contributed by atoms with van der Waals surface area (Å²) in [5.74, 6) is -1.58. The number of alkyl halides is 3. The predicted molar refractivity (Wildman–Crippen MR) is 187 cm³/mol. The van der Waals surface area contributed by atoms with Gasteiger partial charge >= 0.3 is 6.36 Å². The number of Topliss-reactive ketones (excluding diaryl/α,β-unsaturated/α-hetero) is 1. The van der Waals surface area contributed by atoms with Crippen LogP contribution in [0.25, 0.3) is 0 Å². The summed E-state index contributed by atoms with van der Waals surface area (Å²) in [7, 11) is -3.92. The van der Waals surface area contributed by atoms with Gasteiger partial charge in [0.05, 0.1) is 18.0 Å². The summed E-state index contributed by atoms with van der Waals surface area (Å²) in [6.45, 7) is 3.78. The molecule has 3 saturated carbocycles. The van der Waals surface area contributed by atoms with Crippen LogP contribution in [0.15, 0.2) is 66.3 Å². The summed E-state index contributed by atoms with van der Waals surface area (Å²) in [6, 6.07) is 9.27. The number of aliphatic hydroxyl groups is 2. The molecule has 6 aliphatic carbocycles. The molecule has 0 aromatic heterocycles. The maximum atomic E-state index is 15.1. The number of ether oxygens (including phenoxy) is 1. The number of fused-ring (bicyclic) bond motifs is 1. The molecule has 2 bridgehead atoms. The van der Waals surface area contributed by atoms with Crippen LogP contribution in [0.2, 0.25) is 5.02 Å². The first-order valence-electron chi connectivity index (χ1n) is 17.8. The van der Waals surface area contributed by atoms with Crippen molar-refractivity contribution in [3.8, 4) is 5.75 Å². The average Bonchev–Trinajstić information content (AvgIpc) is 3.32. The monoisotopic (exact) mass is 765 g/mol. The number of allylic oxidation sites excluding steroid dienone is 4. The molecule has 0 amide bonds. The molecule has 3 fully saturated rings. The third-order valence-corrected chi connectivity index (χ3v) is 15.4. The Bertz CT molecular complexity index is 1930. The van der Waals surface area contributed by atoms with Gasteiger partial charge in [-0.1, -0.05) is 61.9 Å². The van der Waals surface area contributed by atoms with Crippen molar-refractivity contribution in [2.75, 3.05) is 12.8 Å². The summed E-state index contributed by atoms with van der Waals surface area (Å²) in [5, 5.41) is 23.8. The molecule has 13 heteroatoms. The number of benzene rings is 2. The second-order valence-electron chi connectivity index (χ2n) is 16.3. The molecule has 2 spiro atoms. The van der Waals surface area contributed by atoms with E-state index in [0.717, 1.165) is 24.8 Å². The van der Waals surface area contributed by atoms with E-state index in [4.69, 9.17) is 11.6 Å². The highest BCUT2D eigenvalue weighted by atomic mass is 35.5. The summed E-state index contributed by atoms with van der Waals surface area (Å²) < 4.78 is 84.9. The summed E-state index contributed by atoms with van der Waals surface area (Å²) in [4.78, 5) is 14.6. The Morgan fingerprint density at radius 3 is 2.31 bits per heavy atom. The van der Waals surface area contributed by atoms with Crippen LogP contribution >= 0.6 is 11.6 Å². The van der Waals surface area contributed by atoms with E-state index < -0.39 is 55.9 Å². The van der Waals surface area contributed by atoms with Crippen LogP contribution in [0.3, 0.4) is 0 Å². The first-order valence-corrected chi connectivity index (χ1v) is 20.0. The second-order valence-corrected chi connectivity index (χ2v) is 18.7. The number of carbonyl (C=O) groups excluding carboxylic acids is 1. The summed E-state index contributed by atoms with van der Waals surface area (Å²) in [5.41, 5.74) is -3.03. The Labute approximate surface area is 306 Å². The van der Waals surface area contributed by atoms with Gasteiger partial charge in [-0.2, -0.15) is 4.31 Å². The fourth-order valence-corrected chi connectivity index (χ4v) is 12.3. The van der Waals surface area contributed by atoms with Crippen molar-refractivity contribution in [2.24, 2.45) is 33.5 Å². The van der Waals surface area contributed by atoms with E-state index in [-0.39, 0.29) is 59.6 Å². The van der Waals surface area contributed by atoms with Crippen molar-refractivity contribution in [2.45, 2.75) is 89.8 Å². The highest BCUT2D eigenvalue weighted by molar-refractivity contribution is 7.88. The van der Waals surface area contributed by atoms with Gasteiger partial charge in [0.1, 0.15) is 11.6 Å². The third-order valence-electron chi connectivity index (χ3n) is 13.8. The van der Waals surface area contributed by atoms with Gasteiger partial charge in [0.25, 0.3) is 0 Å². The number of hydrogen-bond donors (Lipinski definition) is 2. The van der Waals surface area contributed by atoms with Crippen LogP contribution in [-0.2, 0) is 27.8 Å². The molecule has 0 aliphatic heterocycles. The van der Waals surface area contributed by atoms with Crippen LogP contribution in [0.5, 0.6) is 5.75 Å². The Kier molecular flexibility index (Phi) is 8.94. The lowest BCUT2D eigenvalue weighted by atomic mass is 9.32. The quantitative estimate of drug-likeness (QED) is 0.202. The Morgan fingerprint density at radius 1 is 1.00 bits per heavy atom. The number of halogens is 5. The molecule has 2 N–H and O–H groups in total. The van der Waals surface area contributed by atoms with Gasteiger partial charge in [-0.25, -0.2) is 12.8 Å². The minimum Gasteiger partial charge on any atom is -0.406 e. The van der Waals surface area contributed by atoms with E-state index in [1.54, 1.807) is 6.07 Å². The third kappa shape index (κ3) is 5.77. The lowest BCUT2D eigenvalue weighted by molar-refractivity contribution is -0.274.